The number of H-pyrrole nitrogens is 1. The Labute approximate surface area is 189 Å². The first-order valence-corrected chi connectivity index (χ1v) is 10.8. The van der Waals surface area contributed by atoms with Crippen molar-refractivity contribution < 1.29 is 14.2 Å². The summed E-state index contributed by atoms with van der Waals surface area (Å²) in [6.45, 7) is 2.89. The average molecular weight is 431 g/mol. The van der Waals surface area contributed by atoms with Crippen LogP contribution in [0, 0.1) is 6.92 Å². The van der Waals surface area contributed by atoms with E-state index >= 15 is 0 Å². The molecule has 0 saturated heterocycles. The van der Waals surface area contributed by atoms with Gasteiger partial charge in [0.2, 0.25) is 0 Å². The Bertz CT molecular complexity index is 1160. The number of hydrogen-bond donors (Lipinski definition) is 2. The fourth-order valence-corrected chi connectivity index (χ4v) is 4.15. The third kappa shape index (κ3) is 4.43. The highest BCUT2D eigenvalue weighted by Gasteiger charge is 2.24. The first-order chi connectivity index (χ1) is 15.6. The Kier molecular flexibility index (Phi) is 6.66. The molecule has 166 valence electrons. The smallest absolute Gasteiger partial charge is 0.131 e. The number of hydrogen-bond acceptors (Lipinski definition) is 4. The van der Waals surface area contributed by atoms with Gasteiger partial charge in [-0.2, -0.15) is 0 Å². The standard InChI is InChI=1S/C27H30N2O3/c1-18-9-11-19(12-10-18)27(26-24(31-3)15-21(30-2)16-25(26)32-4)28-14-13-20-17-29-23-8-6-5-7-22(20)23/h5-12,15-17,27-29H,13-14H2,1-4H3. The molecule has 0 aliphatic rings. The molecule has 0 aliphatic heterocycles. The van der Waals surface area contributed by atoms with E-state index in [1.807, 2.05) is 12.1 Å². The summed E-state index contributed by atoms with van der Waals surface area (Å²) in [4.78, 5) is 3.36. The van der Waals surface area contributed by atoms with Gasteiger partial charge in [-0.15, -0.1) is 0 Å². The van der Waals surface area contributed by atoms with Crippen molar-refractivity contribution in [2.45, 2.75) is 19.4 Å². The Morgan fingerprint density at radius 2 is 1.56 bits per heavy atom. The maximum Gasteiger partial charge on any atom is 0.131 e. The molecular formula is C27H30N2O3. The fourth-order valence-electron chi connectivity index (χ4n) is 4.15. The van der Waals surface area contributed by atoms with Crippen LogP contribution in [0.5, 0.6) is 17.2 Å². The Morgan fingerprint density at radius 3 is 2.22 bits per heavy atom. The lowest BCUT2D eigenvalue weighted by molar-refractivity contribution is 0.362. The molecule has 0 amide bonds. The number of benzene rings is 3. The highest BCUT2D eigenvalue weighted by Crippen LogP contribution is 2.40. The van der Waals surface area contributed by atoms with Crippen LogP contribution in [0.1, 0.15) is 28.3 Å². The summed E-state index contributed by atoms with van der Waals surface area (Å²) < 4.78 is 17.0. The topological polar surface area (TPSA) is 55.5 Å². The summed E-state index contributed by atoms with van der Waals surface area (Å²) in [5.74, 6) is 2.15. The lowest BCUT2D eigenvalue weighted by atomic mass is 9.95. The van der Waals surface area contributed by atoms with Gasteiger partial charge < -0.3 is 24.5 Å². The predicted molar refractivity (Wildman–Crippen MR) is 129 cm³/mol. The molecule has 1 unspecified atom stereocenters. The summed E-state index contributed by atoms with van der Waals surface area (Å²) in [6, 6.07) is 20.7. The number of nitrogens with one attached hydrogen (secondary N) is 2. The van der Waals surface area contributed by atoms with Gasteiger partial charge in [-0.3, -0.25) is 0 Å². The molecule has 0 fully saturated rings. The second kappa shape index (κ2) is 9.79. The monoisotopic (exact) mass is 430 g/mol. The molecule has 4 aromatic rings. The van der Waals surface area contributed by atoms with Crippen LogP contribution in [0.2, 0.25) is 0 Å². The summed E-state index contributed by atoms with van der Waals surface area (Å²) in [6.07, 6.45) is 2.99. The molecule has 3 aromatic carbocycles. The Morgan fingerprint density at radius 1 is 0.875 bits per heavy atom. The van der Waals surface area contributed by atoms with Crippen LogP contribution in [-0.2, 0) is 6.42 Å². The van der Waals surface area contributed by atoms with Crippen molar-refractivity contribution in [2.75, 3.05) is 27.9 Å². The number of para-hydroxylation sites is 1. The molecule has 1 aromatic heterocycles. The minimum atomic E-state index is -0.100. The maximum absolute atomic E-state index is 5.76. The number of fused-ring (bicyclic) bond motifs is 1. The first-order valence-electron chi connectivity index (χ1n) is 10.8. The van der Waals surface area contributed by atoms with Gasteiger partial charge in [-0.25, -0.2) is 0 Å². The summed E-state index contributed by atoms with van der Waals surface area (Å²) in [5.41, 5.74) is 5.79. The van der Waals surface area contributed by atoms with E-state index in [1.54, 1.807) is 21.3 Å². The van der Waals surface area contributed by atoms with Crippen LogP contribution in [0.4, 0.5) is 0 Å². The van der Waals surface area contributed by atoms with Crippen molar-refractivity contribution in [3.8, 4) is 17.2 Å². The van der Waals surface area contributed by atoms with E-state index in [0.717, 1.165) is 41.1 Å². The SMILES string of the molecule is COc1cc(OC)c(C(NCCc2c[nH]c3ccccc23)c2ccc(C)cc2)c(OC)c1. The Balaban J connectivity index is 1.67. The van der Waals surface area contributed by atoms with E-state index in [1.165, 1.54) is 16.5 Å². The van der Waals surface area contributed by atoms with Crippen LogP contribution in [-0.4, -0.2) is 32.9 Å². The average Bonchev–Trinajstić information content (AvgIpc) is 3.25. The van der Waals surface area contributed by atoms with Crippen molar-refractivity contribution >= 4 is 10.9 Å². The zero-order chi connectivity index (χ0) is 22.5. The minimum absolute atomic E-state index is 0.100. The van der Waals surface area contributed by atoms with Gasteiger partial charge in [-0.1, -0.05) is 48.0 Å². The van der Waals surface area contributed by atoms with E-state index < -0.39 is 0 Å². The van der Waals surface area contributed by atoms with Crippen molar-refractivity contribution in [1.82, 2.24) is 10.3 Å². The lowest BCUT2D eigenvalue weighted by Crippen LogP contribution is -2.25. The van der Waals surface area contributed by atoms with Gasteiger partial charge in [0.1, 0.15) is 17.2 Å². The second-order valence-corrected chi connectivity index (χ2v) is 7.85. The van der Waals surface area contributed by atoms with Gasteiger partial charge in [0.05, 0.1) is 32.9 Å². The van der Waals surface area contributed by atoms with E-state index in [9.17, 15) is 0 Å². The third-order valence-electron chi connectivity index (χ3n) is 5.87. The van der Waals surface area contributed by atoms with Crippen molar-refractivity contribution in [3.63, 3.8) is 0 Å². The van der Waals surface area contributed by atoms with E-state index in [0.29, 0.717) is 5.75 Å². The molecule has 1 heterocycles. The van der Waals surface area contributed by atoms with Crippen molar-refractivity contribution in [1.29, 1.82) is 0 Å². The summed E-state index contributed by atoms with van der Waals surface area (Å²) in [5, 5.41) is 5.01. The zero-order valence-corrected chi connectivity index (χ0v) is 19.1. The molecule has 32 heavy (non-hydrogen) atoms. The normalized spacial score (nSPS) is 12.0. The molecule has 1 atom stereocenters. The first kappa shape index (κ1) is 21.8. The van der Waals surface area contributed by atoms with Crippen LogP contribution < -0.4 is 19.5 Å². The number of methoxy groups -OCH3 is 3. The zero-order valence-electron chi connectivity index (χ0n) is 19.1. The predicted octanol–water partition coefficient (Wildman–Crippen LogP) is 5.42. The Hall–Kier alpha value is -3.44. The number of aromatic amines is 1. The van der Waals surface area contributed by atoms with Crippen LogP contribution in [0.15, 0.2) is 66.9 Å². The van der Waals surface area contributed by atoms with E-state index in [2.05, 4.69) is 72.0 Å². The van der Waals surface area contributed by atoms with E-state index in [4.69, 9.17) is 14.2 Å². The molecule has 5 heteroatoms. The molecule has 0 saturated carbocycles. The second-order valence-electron chi connectivity index (χ2n) is 7.85. The number of rotatable bonds is 9. The van der Waals surface area contributed by atoms with Crippen LogP contribution in [0.3, 0.4) is 0 Å². The van der Waals surface area contributed by atoms with Gasteiger partial charge >= 0.3 is 0 Å². The lowest BCUT2D eigenvalue weighted by Gasteiger charge is -2.25. The molecule has 0 bridgehead atoms. The highest BCUT2D eigenvalue weighted by atomic mass is 16.5. The van der Waals surface area contributed by atoms with Crippen LogP contribution in [0.25, 0.3) is 10.9 Å². The number of aromatic nitrogens is 1. The molecule has 0 radical (unpaired) electrons. The maximum atomic E-state index is 5.76. The molecule has 0 aliphatic carbocycles. The number of ether oxygens (including phenoxy) is 3. The fraction of sp³-hybridized carbons (Fsp3) is 0.259. The van der Waals surface area contributed by atoms with Gasteiger partial charge in [0.25, 0.3) is 0 Å². The molecule has 5 nitrogen and oxygen atoms in total. The van der Waals surface area contributed by atoms with Gasteiger partial charge in [-0.05, 0) is 30.5 Å². The third-order valence-corrected chi connectivity index (χ3v) is 5.87. The highest BCUT2D eigenvalue weighted by molar-refractivity contribution is 5.83. The van der Waals surface area contributed by atoms with Gasteiger partial charge in [0.15, 0.2) is 0 Å². The summed E-state index contributed by atoms with van der Waals surface area (Å²) in [7, 11) is 5.00. The van der Waals surface area contributed by atoms with Crippen LogP contribution >= 0.6 is 0 Å². The largest absolute Gasteiger partial charge is 0.496 e. The van der Waals surface area contributed by atoms with Crippen molar-refractivity contribution in [2.24, 2.45) is 0 Å². The summed E-state index contributed by atoms with van der Waals surface area (Å²) >= 11 is 0. The molecule has 2 N–H and O–H groups in total. The molecule has 4 rings (SSSR count). The minimum Gasteiger partial charge on any atom is -0.496 e. The quantitative estimate of drug-likeness (QED) is 0.372. The van der Waals surface area contributed by atoms with Crippen molar-refractivity contribution in [3.05, 3.63) is 89.1 Å². The van der Waals surface area contributed by atoms with E-state index in [-0.39, 0.29) is 6.04 Å². The van der Waals surface area contributed by atoms with Gasteiger partial charge in [0, 0.05) is 35.8 Å². The molecular weight excluding hydrogens is 400 g/mol. The molecule has 0 spiro atoms. The number of aryl methyl sites for hydroxylation is 1.